The second-order valence-corrected chi connectivity index (χ2v) is 9.10. The summed E-state index contributed by atoms with van der Waals surface area (Å²) in [6, 6.07) is 26.4. The highest BCUT2D eigenvalue weighted by atomic mass is 79.9. The number of nitrogens with two attached hydrogens (primary N) is 2. The number of anilines is 2. The molecule has 0 saturated heterocycles. The van der Waals surface area contributed by atoms with E-state index in [2.05, 4.69) is 50.5 Å². The van der Waals surface area contributed by atoms with Gasteiger partial charge < -0.3 is 21.1 Å². The Balaban J connectivity index is 0.000000155. The van der Waals surface area contributed by atoms with Crippen LogP contribution >= 0.6 is 15.9 Å². The van der Waals surface area contributed by atoms with Crippen LogP contribution in [0.25, 0.3) is 33.8 Å². The normalized spacial score (nSPS) is 9.86. The first-order valence-electron chi connectivity index (χ1n) is 12.5. The summed E-state index contributed by atoms with van der Waals surface area (Å²) < 4.78 is 5.30. The van der Waals surface area contributed by atoms with Crippen molar-refractivity contribution in [3.05, 3.63) is 127 Å². The number of hydrogen-bond donors (Lipinski definition) is 3. The second kappa shape index (κ2) is 15.6. The lowest BCUT2D eigenvalue weighted by molar-refractivity contribution is 0.454. The Morgan fingerprint density at radius 3 is 1.67 bits per heavy atom. The molecule has 10 nitrogen and oxygen atoms in total. The molecule has 207 valence electrons. The van der Waals surface area contributed by atoms with Gasteiger partial charge in [-0.3, -0.25) is 9.97 Å². The van der Waals surface area contributed by atoms with Crippen molar-refractivity contribution in [3.8, 4) is 39.5 Å². The fraction of sp³-hybridized carbons (Fsp3) is 0. The molecule has 0 fully saturated rings. The molecule has 5 N–H and O–H groups in total. The Morgan fingerprint density at radius 1 is 0.619 bits per heavy atom. The SMILES string of the molecule is Nc1ncc(-c2ccccc2)nc1-c1ccncc1.Nc1ncc(Br)nc1-c1ccncc1.O[B]Oc1ccccc1. The van der Waals surface area contributed by atoms with Crippen molar-refractivity contribution in [2.24, 2.45) is 0 Å². The third kappa shape index (κ3) is 8.65. The molecule has 0 amide bonds. The van der Waals surface area contributed by atoms with E-state index < -0.39 is 0 Å². The number of nitrogen functional groups attached to an aromatic ring is 2. The van der Waals surface area contributed by atoms with E-state index in [1.807, 2.05) is 72.8 Å². The Bertz CT molecular complexity index is 1670. The molecule has 0 aliphatic heterocycles. The van der Waals surface area contributed by atoms with E-state index in [4.69, 9.17) is 16.5 Å². The fourth-order valence-corrected chi connectivity index (χ4v) is 3.81. The zero-order chi connectivity index (χ0) is 29.6. The lowest BCUT2D eigenvalue weighted by Crippen LogP contribution is -1.98. The minimum atomic E-state index is 0.416. The maximum absolute atomic E-state index is 8.17. The van der Waals surface area contributed by atoms with Crippen LogP contribution in [0.15, 0.2) is 127 Å². The predicted octanol–water partition coefficient (Wildman–Crippen LogP) is 5.26. The van der Waals surface area contributed by atoms with Crippen LogP contribution in [-0.4, -0.2) is 42.6 Å². The first-order valence-corrected chi connectivity index (χ1v) is 13.3. The van der Waals surface area contributed by atoms with Crippen molar-refractivity contribution in [1.82, 2.24) is 29.9 Å². The molecule has 2 aromatic carbocycles. The molecule has 4 aromatic heterocycles. The van der Waals surface area contributed by atoms with Crippen LogP contribution in [0.4, 0.5) is 11.6 Å². The van der Waals surface area contributed by atoms with Crippen molar-refractivity contribution >= 4 is 35.3 Å². The summed E-state index contributed by atoms with van der Waals surface area (Å²) in [7, 11) is 0.662. The van der Waals surface area contributed by atoms with Gasteiger partial charge in [0.25, 0.3) is 0 Å². The van der Waals surface area contributed by atoms with Gasteiger partial charge in [0, 0.05) is 41.5 Å². The van der Waals surface area contributed by atoms with E-state index >= 15 is 0 Å². The Morgan fingerprint density at radius 2 is 1.12 bits per heavy atom. The van der Waals surface area contributed by atoms with Crippen LogP contribution in [0.1, 0.15) is 0 Å². The number of para-hydroxylation sites is 1. The minimum Gasteiger partial charge on any atom is -0.537 e. The van der Waals surface area contributed by atoms with Crippen molar-refractivity contribution in [2.45, 2.75) is 0 Å². The molecule has 4 heterocycles. The van der Waals surface area contributed by atoms with Gasteiger partial charge >= 0.3 is 7.69 Å². The van der Waals surface area contributed by atoms with Gasteiger partial charge in [0.2, 0.25) is 0 Å². The number of pyridine rings is 2. The molecule has 42 heavy (non-hydrogen) atoms. The summed E-state index contributed by atoms with van der Waals surface area (Å²) in [4.78, 5) is 25.0. The van der Waals surface area contributed by atoms with E-state index in [9.17, 15) is 0 Å². The fourth-order valence-electron chi connectivity index (χ4n) is 3.53. The zero-order valence-corrected chi connectivity index (χ0v) is 23.8. The van der Waals surface area contributed by atoms with Crippen molar-refractivity contribution < 1.29 is 9.68 Å². The molecule has 0 aliphatic carbocycles. The van der Waals surface area contributed by atoms with Crippen LogP contribution < -0.4 is 16.1 Å². The predicted molar refractivity (Wildman–Crippen MR) is 168 cm³/mol. The van der Waals surface area contributed by atoms with Crippen LogP contribution in [-0.2, 0) is 0 Å². The summed E-state index contributed by atoms with van der Waals surface area (Å²) in [6.45, 7) is 0. The van der Waals surface area contributed by atoms with Gasteiger partial charge in [-0.05, 0) is 52.3 Å². The van der Waals surface area contributed by atoms with Gasteiger partial charge in [0.05, 0.1) is 23.8 Å². The van der Waals surface area contributed by atoms with Gasteiger partial charge in [0.1, 0.15) is 27.6 Å². The number of hydrogen-bond acceptors (Lipinski definition) is 10. The highest BCUT2D eigenvalue weighted by Gasteiger charge is 2.08. The summed E-state index contributed by atoms with van der Waals surface area (Å²) in [5, 5.41) is 8.17. The summed E-state index contributed by atoms with van der Waals surface area (Å²) in [5.74, 6) is 1.48. The summed E-state index contributed by atoms with van der Waals surface area (Å²) in [6.07, 6.45) is 10.1. The maximum Gasteiger partial charge on any atom is 0.569 e. The van der Waals surface area contributed by atoms with Crippen LogP contribution in [0.3, 0.4) is 0 Å². The molecule has 6 aromatic rings. The number of rotatable bonds is 5. The van der Waals surface area contributed by atoms with Crippen molar-refractivity contribution in [3.63, 3.8) is 0 Å². The lowest BCUT2D eigenvalue weighted by Gasteiger charge is -2.07. The van der Waals surface area contributed by atoms with Gasteiger partial charge in [-0.1, -0.05) is 48.5 Å². The van der Waals surface area contributed by atoms with Crippen LogP contribution in [0.2, 0.25) is 0 Å². The zero-order valence-electron chi connectivity index (χ0n) is 22.2. The van der Waals surface area contributed by atoms with E-state index in [-0.39, 0.29) is 0 Å². The van der Waals surface area contributed by atoms with E-state index in [1.54, 1.807) is 49.3 Å². The van der Waals surface area contributed by atoms with Gasteiger partial charge in [-0.25, -0.2) is 19.9 Å². The second-order valence-electron chi connectivity index (χ2n) is 8.29. The summed E-state index contributed by atoms with van der Waals surface area (Å²) in [5.41, 5.74) is 16.6. The standard InChI is InChI=1S/C15H12N4.C9H7BrN4.C6H6BO2/c16-15-14(12-6-8-17-9-7-12)19-13(10-18-15)11-4-2-1-3-5-11;10-7-5-13-9(11)8(14-7)6-1-3-12-4-2-6;8-7-9-6-4-2-1-3-5-6/h1-10H,(H2,16,18);1-5H,(H2,11,13);1-5,8H. The molecule has 6 rings (SSSR count). The van der Waals surface area contributed by atoms with Crippen molar-refractivity contribution in [2.75, 3.05) is 11.5 Å². The number of aromatic nitrogens is 6. The maximum atomic E-state index is 8.17. The molecular weight excluding hydrogens is 595 g/mol. The largest absolute Gasteiger partial charge is 0.569 e. The van der Waals surface area contributed by atoms with Gasteiger partial charge in [-0.15, -0.1) is 0 Å². The Kier molecular flexibility index (Phi) is 11.0. The third-order valence-corrected chi connectivity index (χ3v) is 5.86. The molecule has 0 aliphatic rings. The molecule has 0 unspecified atom stereocenters. The molecule has 0 spiro atoms. The highest BCUT2D eigenvalue weighted by molar-refractivity contribution is 9.10. The molecule has 1 radical (unpaired) electrons. The van der Waals surface area contributed by atoms with Gasteiger partial charge in [-0.2, -0.15) is 0 Å². The average Bonchev–Trinajstić information content (AvgIpc) is 3.05. The van der Waals surface area contributed by atoms with Gasteiger partial charge in [0.15, 0.2) is 0 Å². The number of halogens is 1. The molecule has 0 bridgehead atoms. The van der Waals surface area contributed by atoms with E-state index in [1.165, 1.54) is 0 Å². The van der Waals surface area contributed by atoms with Crippen LogP contribution in [0.5, 0.6) is 5.75 Å². The van der Waals surface area contributed by atoms with E-state index in [0.29, 0.717) is 41.1 Å². The third-order valence-electron chi connectivity index (χ3n) is 5.48. The molecule has 12 heteroatoms. The van der Waals surface area contributed by atoms with Crippen molar-refractivity contribution in [1.29, 1.82) is 0 Å². The Hall–Kier alpha value is -5.20. The average molecular weight is 620 g/mol. The topological polar surface area (TPSA) is 159 Å². The Labute approximate surface area is 252 Å². The summed E-state index contributed by atoms with van der Waals surface area (Å²) >= 11 is 3.25. The number of nitrogens with zero attached hydrogens (tertiary/aromatic N) is 6. The lowest BCUT2D eigenvalue weighted by atomic mass is 10.1. The molecular formula is C30H25BBrN8O2. The quantitative estimate of drug-likeness (QED) is 0.217. The first kappa shape index (κ1) is 29.8. The molecule has 0 saturated carbocycles. The van der Waals surface area contributed by atoms with E-state index in [0.717, 1.165) is 22.4 Å². The monoisotopic (exact) mass is 619 g/mol. The number of benzene rings is 2. The first-order chi connectivity index (χ1) is 20.5. The minimum absolute atomic E-state index is 0.416. The van der Waals surface area contributed by atoms with Crippen LogP contribution in [0, 0.1) is 0 Å². The smallest absolute Gasteiger partial charge is 0.537 e. The molecule has 0 atom stereocenters. The highest BCUT2D eigenvalue weighted by Crippen LogP contribution is 2.25.